The minimum Gasteiger partial charge on any atom is -0.497 e. The Balaban J connectivity index is 2.44. The highest BCUT2D eigenvalue weighted by atomic mass is 16.5. The minimum absolute atomic E-state index is 0.653. The summed E-state index contributed by atoms with van der Waals surface area (Å²) in [5.74, 6) is 1.74. The first kappa shape index (κ1) is 7.22. The van der Waals surface area contributed by atoms with Gasteiger partial charge in [-0.2, -0.15) is 0 Å². The Kier molecular flexibility index (Phi) is 1.74. The van der Waals surface area contributed by atoms with E-state index in [4.69, 9.17) is 9.47 Å². The normalized spacial score (nSPS) is 13.4. The summed E-state index contributed by atoms with van der Waals surface area (Å²) in [6, 6.07) is 5.82. The fourth-order valence-electron chi connectivity index (χ4n) is 1.22. The Labute approximate surface area is 71.4 Å². The molecule has 62 valence electrons. The van der Waals surface area contributed by atoms with Gasteiger partial charge in [0.25, 0.3) is 0 Å². The molecule has 12 heavy (non-hydrogen) atoms. The Morgan fingerprint density at radius 1 is 1.42 bits per heavy atom. The van der Waals surface area contributed by atoms with Gasteiger partial charge in [-0.05, 0) is 18.2 Å². The minimum atomic E-state index is 0.653. The average Bonchev–Trinajstić information content (AvgIpc) is 2.17. The zero-order valence-electron chi connectivity index (χ0n) is 6.91. The van der Waals surface area contributed by atoms with Crippen LogP contribution in [0.15, 0.2) is 24.3 Å². The number of rotatable bonds is 1. The summed E-state index contributed by atoms with van der Waals surface area (Å²) in [5, 5.41) is 0. The zero-order chi connectivity index (χ0) is 8.39. The lowest BCUT2D eigenvalue weighted by Gasteiger charge is -2.12. The number of methoxy groups -OCH3 is 1. The first-order chi connectivity index (χ1) is 5.90. The van der Waals surface area contributed by atoms with Crippen molar-refractivity contribution in [1.82, 2.24) is 0 Å². The molecule has 0 bridgehead atoms. The zero-order valence-corrected chi connectivity index (χ0v) is 6.91. The maximum atomic E-state index is 5.40. The number of benzene rings is 1. The Morgan fingerprint density at radius 3 is 3.17 bits per heavy atom. The second kappa shape index (κ2) is 2.89. The van der Waals surface area contributed by atoms with Gasteiger partial charge >= 0.3 is 0 Å². The van der Waals surface area contributed by atoms with Gasteiger partial charge in [0.05, 0.1) is 7.11 Å². The smallest absolute Gasteiger partial charge is 0.130 e. The number of hydrogen-bond donors (Lipinski definition) is 0. The standard InChI is InChI=1S/C10H10O2/c1-11-9-5-4-8-3-2-6-12-10(8)7-9/h2-5,7H,6H2,1H3. The van der Waals surface area contributed by atoms with Crippen LogP contribution in [-0.2, 0) is 0 Å². The van der Waals surface area contributed by atoms with Gasteiger partial charge in [-0.15, -0.1) is 0 Å². The third-order valence-corrected chi connectivity index (χ3v) is 1.85. The van der Waals surface area contributed by atoms with Gasteiger partial charge in [-0.1, -0.05) is 6.08 Å². The van der Waals surface area contributed by atoms with Gasteiger partial charge in [0, 0.05) is 11.6 Å². The second-order valence-corrected chi connectivity index (χ2v) is 2.62. The summed E-state index contributed by atoms with van der Waals surface area (Å²) in [5.41, 5.74) is 1.11. The van der Waals surface area contributed by atoms with Gasteiger partial charge in [0.2, 0.25) is 0 Å². The molecule has 1 aliphatic heterocycles. The van der Waals surface area contributed by atoms with E-state index in [0.717, 1.165) is 17.1 Å². The molecule has 0 saturated heterocycles. The number of ether oxygens (including phenoxy) is 2. The van der Waals surface area contributed by atoms with Crippen molar-refractivity contribution in [3.8, 4) is 11.5 Å². The highest BCUT2D eigenvalue weighted by Crippen LogP contribution is 2.27. The van der Waals surface area contributed by atoms with Crippen molar-refractivity contribution in [1.29, 1.82) is 0 Å². The molecule has 0 aromatic heterocycles. The van der Waals surface area contributed by atoms with Crippen molar-refractivity contribution in [2.24, 2.45) is 0 Å². The van der Waals surface area contributed by atoms with Crippen molar-refractivity contribution in [3.63, 3.8) is 0 Å². The quantitative estimate of drug-likeness (QED) is 0.629. The summed E-state index contributed by atoms with van der Waals surface area (Å²) < 4.78 is 10.5. The van der Waals surface area contributed by atoms with Crippen LogP contribution >= 0.6 is 0 Å². The van der Waals surface area contributed by atoms with E-state index in [9.17, 15) is 0 Å². The summed E-state index contributed by atoms with van der Waals surface area (Å²) in [7, 11) is 1.65. The molecule has 1 aliphatic rings. The summed E-state index contributed by atoms with van der Waals surface area (Å²) in [4.78, 5) is 0. The molecule has 0 radical (unpaired) electrons. The maximum Gasteiger partial charge on any atom is 0.130 e. The second-order valence-electron chi connectivity index (χ2n) is 2.62. The van der Waals surface area contributed by atoms with Crippen LogP contribution in [-0.4, -0.2) is 13.7 Å². The van der Waals surface area contributed by atoms with Gasteiger partial charge in [-0.3, -0.25) is 0 Å². The van der Waals surface area contributed by atoms with Crippen LogP contribution in [0.3, 0.4) is 0 Å². The van der Waals surface area contributed by atoms with E-state index in [1.165, 1.54) is 0 Å². The van der Waals surface area contributed by atoms with E-state index in [0.29, 0.717) is 6.61 Å². The van der Waals surface area contributed by atoms with E-state index in [2.05, 4.69) is 6.08 Å². The van der Waals surface area contributed by atoms with E-state index in [-0.39, 0.29) is 0 Å². The fraction of sp³-hybridized carbons (Fsp3) is 0.200. The van der Waals surface area contributed by atoms with Crippen LogP contribution in [0.5, 0.6) is 11.5 Å². The van der Waals surface area contributed by atoms with Crippen LogP contribution in [0.2, 0.25) is 0 Å². The van der Waals surface area contributed by atoms with Crippen molar-refractivity contribution >= 4 is 6.08 Å². The predicted molar refractivity (Wildman–Crippen MR) is 47.5 cm³/mol. The Hall–Kier alpha value is -1.44. The van der Waals surface area contributed by atoms with Crippen LogP contribution in [0.1, 0.15) is 5.56 Å². The number of fused-ring (bicyclic) bond motifs is 1. The molecule has 0 atom stereocenters. The molecular formula is C10H10O2. The van der Waals surface area contributed by atoms with E-state index in [1.54, 1.807) is 7.11 Å². The molecule has 1 aromatic rings. The largest absolute Gasteiger partial charge is 0.497 e. The molecule has 0 spiro atoms. The van der Waals surface area contributed by atoms with Crippen molar-refractivity contribution < 1.29 is 9.47 Å². The molecular weight excluding hydrogens is 152 g/mol. The molecule has 2 heteroatoms. The molecule has 0 saturated carbocycles. The summed E-state index contributed by atoms with van der Waals surface area (Å²) in [6.07, 6.45) is 4.05. The van der Waals surface area contributed by atoms with Crippen LogP contribution in [0.4, 0.5) is 0 Å². The molecule has 0 fully saturated rings. The lowest BCUT2D eigenvalue weighted by Crippen LogP contribution is -2.00. The number of hydrogen-bond acceptors (Lipinski definition) is 2. The molecule has 0 aliphatic carbocycles. The topological polar surface area (TPSA) is 18.5 Å². The Morgan fingerprint density at radius 2 is 2.33 bits per heavy atom. The van der Waals surface area contributed by atoms with Crippen LogP contribution in [0, 0.1) is 0 Å². The lowest BCUT2D eigenvalue weighted by atomic mass is 10.1. The van der Waals surface area contributed by atoms with E-state index < -0.39 is 0 Å². The average molecular weight is 162 g/mol. The van der Waals surface area contributed by atoms with E-state index in [1.807, 2.05) is 24.3 Å². The molecule has 1 aromatic carbocycles. The third-order valence-electron chi connectivity index (χ3n) is 1.85. The van der Waals surface area contributed by atoms with Crippen molar-refractivity contribution in [2.45, 2.75) is 0 Å². The van der Waals surface area contributed by atoms with E-state index >= 15 is 0 Å². The highest BCUT2D eigenvalue weighted by molar-refractivity contribution is 5.60. The van der Waals surface area contributed by atoms with Crippen molar-refractivity contribution in [2.75, 3.05) is 13.7 Å². The molecule has 2 nitrogen and oxygen atoms in total. The van der Waals surface area contributed by atoms with Gasteiger partial charge in [0.1, 0.15) is 18.1 Å². The molecule has 0 unspecified atom stereocenters. The fourth-order valence-corrected chi connectivity index (χ4v) is 1.22. The third kappa shape index (κ3) is 1.16. The Bertz CT molecular complexity index is 316. The van der Waals surface area contributed by atoms with Gasteiger partial charge < -0.3 is 9.47 Å². The van der Waals surface area contributed by atoms with Gasteiger partial charge in [-0.25, -0.2) is 0 Å². The summed E-state index contributed by atoms with van der Waals surface area (Å²) in [6.45, 7) is 0.653. The van der Waals surface area contributed by atoms with Gasteiger partial charge in [0.15, 0.2) is 0 Å². The summed E-state index contributed by atoms with van der Waals surface area (Å²) >= 11 is 0. The van der Waals surface area contributed by atoms with Crippen LogP contribution in [0.25, 0.3) is 6.08 Å². The first-order valence-corrected chi connectivity index (χ1v) is 3.87. The highest BCUT2D eigenvalue weighted by Gasteiger charge is 2.05. The maximum absolute atomic E-state index is 5.40. The first-order valence-electron chi connectivity index (χ1n) is 3.87. The van der Waals surface area contributed by atoms with Crippen molar-refractivity contribution in [3.05, 3.63) is 29.8 Å². The predicted octanol–water partition coefficient (Wildman–Crippen LogP) is 2.10. The van der Waals surface area contributed by atoms with Crippen LogP contribution < -0.4 is 9.47 Å². The monoisotopic (exact) mass is 162 g/mol. The molecule has 0 N–H and O–H groups in total. The molecule has 0 amide bonds. The SMILES string of the molecule is COc1ccc2c(c1)OCC=C2. The lowest BCUT2D eigenvalue weighted by molar-refractivity contribution is 0.352. The molecule has 2 rings (SSSR count). The molecule has 1 heterocycles.